The molecule has 2 nitrogen and oxygen atoms in total. The smallest absolute Gasteiger partial charge is 0.345 e. The number of pyridine rings is 1. The average molecular weight is 334 g/mol. The number of nitriles is 1. The molecule has 23 heavy (non-hydrogen) atoms. The van der Waals surface area contributed by atoms with Gasteiger partial charge in [-0.05, 0) is 54.5 Å². The standard InChI is InChI=1S/C17H13F3N2S/c18-17(19,20)11-5-3-4-10(8-11)15-13-7-2-1-6-12(13)14(9-21)16(23)22-15/h3-5,8H,1-2,6-7H2,(H,22,23). The molecule has 0 saturated heterocycles. The molecule has 0 saturated carbocycles. The second kappa shape index (κ2) is 5.82. The van der Waals surface area contributed by atoms with Crippen molar-refractivity contribution in [3.05, 3.63) is 51.2 Å². The first-order chi connectivity index (χ1) is 10.9. The van der Waals surface area contributed by atoms with Crippen LogP contribution in [0.15, 0.2) is 24.3 Å². The zero-order valence-electron chi connectivity index (χ0n) is 12.1. The maximum Gasteiger partial charge on any atom is 0.416 e. The molecule has 1 aliphatic carbocycles. The maximum atomic E-state index is 12.9. The third-order valence-corrected chi connectivity index (χ3v) is 4.43. The molecule has 0 radical (unpaired) electrons. The number of aromatic amines is 1. The van der Waals surface area contributed by atoms with Gasteiger partial charge in [0.05, 0.1) is 11.1 Å². The van der Waals surface area contributed by atoms with E-state index in [0.29, 0.717) is 21.5 Å². The van der Waals surface area contributed by atoms with Crippen molar-refractivity contribution in [3.63, 3.8) is 0 Å². The highest BCUT2D eigenvalue weighted by molar-refractivity contribution is 7.71. The van der Waals surface area contributed by atoms with Crippen LogP contribution < -0.4 is 0 Å². The largest absolute Gasteiger partial charge is 0.416 e. The molecule has 0 spiro atoms. The normalized spacial score (nSPS) is 14.2. The van der Waals surface area contributed by atoms with Crippen LogP contribution >= 0.6 is 12.2 Å². The summed E-state index contributed by atoms with van der Waals surface area (Å²) < 4.78 is 39.1. The minimum absolute atomic E-state index is 0.292. The Labute approximate surface area is 136 Å². The number of nitrogens with zero attached hydrogens (tertiary/aromatic N) is 1. The Morgan fingerprint density at radius 2 is 1.83 bits per heavy atom. The summed E-state index contributed by atoms with van der Waals surface area (Å²) >= 11 is 5.23. The Hall–Kier alpha value is -2.13. The number of fused-ring (bicyclic) bond motifs is 1. The van der Waals surface area contributed by atoms with E-state index in [-0.39, 0.29) is 0 Å². The van der Waals surface area contributed by atoms with E-state index in [1.807, 2.05) is 0 Å². The van der Waals surface area contributed by atoms with Crippen LogP contribution in [-0.2, 0) is 19.0 Å². The Morgan fingerprint density at radius 3 is 2.48 bits per heavy atom. The summed E-state index contributed by atoms with van der Waals surface area (Å²) in [6, 6.07) is 7.33. The van der Waals surface area contributed by atoms with Crippen LogP contribution in [0, 0.1) is 16.0 Å². The summed E-state index contributed by atoms with van der Waals surface area (Å²) in [5, 5.41) is 9.30. The van der Waals surface area contributed by atoms with Gasteiger partial charge < -0.3 is 4.98 Å². The first kappa shape index (κ1) is 15.8. The highest BCUT2D eigenvalue weighted by Crippen LogP contribution is 2.35. The Balaban J connectivity index is 2.24. The highest BCUT2D eigenvalue weighted by Gasteiger charge is 2.31. The highest BCUT2D eigenvalue weighted by atomic mass is 32.1. The van der Waals surface area contributed by atoms with Crippen molar-refractivity contribution in [2.45, 2.75) is 31.9 Å². The van der Waals surface area contributed by atoms with Crippen molar-refractivity contribution in [2.24, 2.45) is 0 Å². The van der Waals surface area contributed by atoms with Crippen molar-refractivity contribution < 1.29 is 13.2 Å². The Morgan fingerprint density at radius 1 is 1.13 bits per heavy atom. The van der Waals surface area contributed by atoms with Crippen molar-refractivity contribution in [3.8, 4) is 17.3 Å². The van der Waals surface area contributed by atoms with Crippen LogP contribution in [0.25, 0.3) is 11.3 Å². The van der Waals surface area contributed by atoms with Crippen LogP contribution in [-0.4, -0.2) is 4.98 Å². The number of benzene rings is 1. The lowest BCUT2D eigenvalue weighted by molar-refractivity contribution is -0.137. The predicted octanol–water partition coefficient (Wildman–Crippen LogP) is 5.18. The third kappa shape index (κ3) is 2.89. The van der Waals surface area contributed by atoms with Crippen LogP contribution in [0.1, 0.15) is 35.1 Å². The number of H-pyrrole nitrogens is 1. The molecule has 1 aliphatic rings. The summed E-state index contributed by atoms with van der Waals surface area (Å²) in [7, 11) is 0. The minimum Gasteiger partial charge on any atom is -0.345 e. The van der Waals surface area contributed by atoms with Crippen molar-refractivity contribution in [1.29, 1.82) is 5.26 Å². The number of halogens is 3. The van der Waals surface area contributed by atoms with Gasteiger partial charge in [-0.2, -0.15) is 18.4 Å². The topological polar surface area (TPSA) is 39.6 Å². The SMILES string of the molecule is N#Cc1c2c(c(-c3cccc(C(F)(F)F)c3)[nH]c1=S)CCCC2. The van der Waals surface area contributed by atoms with Gasteiger partial charge in [0.1, 0.15) is 10.7 Å². The molecular formula is C17H13F3N2S. The van der Waals surface area contributed by atoms with Crippen molar-refractivity contribution in [2.75, 3.05) is 0 Å². The number of hydrogen-bond donors (Lipinski definition) is 1. The van der Waals surface area contributed by atoms with E-state index in [9.17, 15) is 18.4 Å². The van der Waals surface area contributed by atoms with E-state index in [4.69, 9.17) is 12.2 Å². The van der Waals surface area contributed by atoms with Gasteiger partial charge in [0.2, 0.25) is 0 Å². The Bertz CT molecular complexity index is 860. The second-order valence-electron chi connectivity index (χ2n) is 5.56. The summed E-state index contributed by atoms with van der Waals surface area (Å²) in [5.41, 5.74) is 2.62. The molecule has 0 fully saturated rings. The molecule has 0 aliphatic heterocycles. The molecule has 1 aromatic carbocycles. The maximum absolute atomic E-state index is 12.9. The quantitative estimate of drug-likeness (QED) is 0.730. The summed E-state index contributed by atoms with van der Waals surface area (Å²) in [6.07, 6.45) is -0.999. The van der Waals surface area contributed by atoms with E-state index in [1.54, 1.807) is 6.07 Å². The molecule has 118 valence electrons. The van der Waals surface area contributed by atoms with Crippen molar-refractivity contribution >= 4 is 12.2 Å². The fourth-order valence-corrected chi connectivity index (χ4v) is 3.33. The number of aromatic nitrogens is 1. The van der Waals surface area contributed by atoms with E-state index in [1.165, 1.54) is 6.07 Å². The predicted molar refractivity (Wildman–Crippen MR) is 83.4 cm³/mol. The van der Waals surface area contributed by atoms with Crippen LogP contribution in [0.3, 0.4) is 0 Å². The molecule has 0 atom stereocenters. The molecule has 2 aromatic rings. The first-order valence-corrected chi connectivity index (χ1v) is 7.68. The summed E-state index contributed by atoms with van der Waals surface area (Å²) in [5.74, 6) is 0. The monoisotopic (exact) mass is 334 g/mol. The minimum atomic E-state index is -4.39. The number of rotatable bonds is 1. The van der Waals surface area contributed by atoms with E-state index in [0.717, 1.165) is 48.9 Å². The lowest BCUT2D eigenvalue weighted by Crippen LogP contribution is -2.10. The van der Waals surface area contributed by atoms with Gasteiger partial charge in [0.15, 0.2) is 0 Å². The zero-order chi connectivity index (χ0) is 16.6. The van der Waals surface area contributed by atoms with E-state index in [2.05, 4.69) is 11.1 Å². The number of alkyl halides is 3. The van der Waals surface area contributed by atoms with Gasteiger partial charge in [-0.15, -0.1) is 0 Å². The fraction of sp³-hybridized carbons (Fsp3) is 0.294. The summed E-state index contributed by atoms with van der Waals surface area (Å²) in [6.45, 7) is 0. The molecule has 0 unspecified atom stereocenters. The lowest BCUT2D eigenvalue weighted by Gasteiger charge is -2.21. The zero-order valence-corrected chi connectivity index (χ0v) is 12.9. The molecule has 1 heterocycles. The van der Waals surface area contributed by atoms with Gasteiger partial charge in [0, 0.05) is 5.69 Å². The molecule has 3 rings (SSSR count). The molecule has 0 bridgehead atoms. The molecule has 1 aromatic heterocycles. The molecular weight excluding hydrogens is 321 g/mol. The molecule has 6 heteroatoms. The van der Waals surface area contributed by atoms with Gasteiger partial charge in [-0.25, -0.2) is 0 Å². The molecule has 1 N–H and O–H groups in total. The fourth-order valence-electron chi connectivity index (χ4n) is 3.06. The van der Waals surface area contributed by atoms with Crippen molar-refractivity contribution in [1.82, 2.24) is 4.98 Å². The van der Waals surface area contributed by atoms with Crippen LogP contribution in [0.4, 0.5) is 13.2 Å². The van der Waals surface area contributed by atoms with Gasteiger partial charge in [0.25, 0.3) is 0 Å². The van der Waals surface area contributed by atoms with E-state index >= 15 is 0 Å². The molecule has 0 amide bonds. The second-order valence-corrected chi connectivity index (χ2v) is 5.97. The number of hydrogen-bond acceptors (Lipinski definition) is 2. The van der Waals surface area contributed by atoms with Gasteiger partial charge in [-0.1, -0.05) is 24.4 Å². The van der Waals surface area contributed by atoms with Gasteiger partial charge >= 0.3 is 6.18 Å². The van der Waals surface area contributed by atoms with Crippen LogP contribution in [0.2, 0.25) is 0 Å². The van der Waals surface area contributed by atoms with E-state index < -0.39 is 11.7 Å². The summed E-state index contributed by atoms with van der Waals surface area (Å²) in [4.78, 5) is 2.97. The first-order valence-electron chi connectivity index (χ1n) is 7.27. The lowest BCUT2D eigenvalue weighted by atomic mass is 9.86. The third-order valence-electron chi connectivity index (χ3n) is 4.13. The number of nitrogens with one attached hydrogen (secondary N) is 1. The Kier molecular flexibility index (Phi) is 3.99. The van der Waals surface area contributed by atoms with Crippen LogP contribution in [0.5, 0.6) is 0 Å². The van der Waals surface area contributed by atoms with Gasteiger partial charge in [-0.3, -0.25) is 0 Å². The average Bonchev–Trinajstić information content (AvgIpc) is 2.53.